The van der Waals surface area contributed by atoms with Crippen LogP contribution in [-0.4, -0.2) is 9.97 Å². The number of hydrogen-bond acceptors (Lipinski definition) is 2. The van der Waals surface area contributed by atoms with Crippen LogP contribution in [0.5, 0.6) is 0 Å². The van der Waals surface area contributed by atoms with E-state index in [1.807, 2.05) is 0 Å². The molecule has 0 radical (unpaired) electrons. The summed E-state index contributed by atoms with van der Waals surface area (Å²) >= 11 is 0. The summed E-state index contributed by atoms with van der Waals surface area (Å²) in [6, 6.07) is 0. The Hall–Kier alpha value is -0.990. The SMILES string of the molecule is CCCCCCC(C)(CC)c1ncc(F)cn1. The van der Waals surface area contributed by atoms with Gasteiger partial charge in [-0.25, -0.2) is 14.4 Å². The molecule has 0 spiro atoms. The minimum absolute atomic E-state index is 0.0125. The highest BCUT2D eigenvalue weighted by Crippen LogP contribution is 2.30. The van der Waals surface area contributed by atoms with Crippen LogP contribution < -0.4 is 0 Å². The second-order valence-electron chi connectivity index (χ2n) is 4.95. The van der Waals surface area contributed by atoms with Gasteiger partial charge in [0.15, 0.2) is 5.82 Å². The lowest BCUT2D eigenvalue weighted by Crippen LogP contribution is -2.24. The molecule has 0 aliphatic carbocycles. The molecule has 1 aromatic heterocycles. The van der Waals surface area contributed by atoms with Gasteiger partial charge in [-0.3, -0.25) is 0 Å². The van der Waals surface area contributed by atoms with Crippen LogP contribution in [0.1, 0.15) is 65.1 Å². The zero-order chi connectivity index (χ0) is 12.7. The second-order valence-corrected chi connectivity index (χ2v) is 4.95. The maximum atomic E-state index is 12.8. The molecule has 1 aromatic rings. The van der Waals surface area contributed by atoms with Crippen molar-refractivity contribution in [3.05, 3.63) is 24.0 Å². The van der Waals surface area contributed by atoms with Gasteiger partial charge in [-0.05, 0) is 12.8 Å². The van der Waals surface area contributed by atoms with Gasteiger partial charge in [-0.2, -0.15) is 0 Å². The molecule has 3 heteroatoms. The largest absolute Gasteiger partial charge is 0.238 e. The van der Waals surface area contributed by atoms with Crippen LogP contribution in [0.2, 0.25) is 0 Å². The van der Waals surface area contributed by atoms with E-state index in [0.717, 1.165) is 18.7 Å². The summed E-state index contributed by atoms with van der Waals surface area (Å²) in [7, 11) is 0. The minimum atomic E-state index is -0.363. The highest BCUT2D eigenvalue weighted by molar-refractivity contribution is 5.05. The summed E-state index contributed by atoms with van der Waals surface area (Å²) in [6.07, 6.45) is 9.58. The number of halogens is 1. The standard InChI is InChI=1S/C14H23FN2/c1-4-6-7-8-9-14(3,5-2)13-16-10-12(15)11-17-13/h10-11H,4-9H2,1-3H3. The summed E-state index contributed by atoms with van der Waals surface area (Å²) in [5, 5.41) is 0. The zero-order valence-electron chi connectivity index (χ0n) is 11.2. The molecule has 0 aliphatic heterocycles. The van der Waals surface area contributed by atoms with E-state index in [0.29, 0.717) is 0 Å². The summed E-state index contributed by atoms with van der Waals surface area (Å²) < 4.78 is 12.8. The molecule has 0 aliphatic rings. The maximum absolute atomic E-state index is 12.8. The van der Waals surface area contributed by atoms with Crippen molar-refractivity contribution >= 4 is 0 Å². The topological polar surface area (TPSA) is 25.8 Å². The van der Waals surface area contributed by atoms with E-state index in [2.05, 4.69) is 30.7 Å². The maximum Gasteiger partial charge on any atom is 0.159 e. The molecular formula is C14H23FN2. The number of nitrogens with zero attached hydrogens (tertiary/aromatic N) is 2. The second kappa shape index (κ2) is 6.67. The van der Waals surface area contributed by atoms with Crippen molar-refractivity contribution in [3.8, 4) is 0 Å². The molecule has 0 saturated heterocycles. The number of unbranched alkanes of at least 4 members (excludes halogenated alkanes) is 3. The third-order valence-corrected chi connectivity index (χ3v) is 3.52. The van der Waals surface area contributed by atoms with Crippen LogP contribution in [0, 0.1) is 5.82 Å². The molecule has 1 rings (SSSR count). The van der Waals surface area contributed by atoms with E-state index in [4.69, 9.17) is 0 Å². The number of hydrogen-bond donors (Lipinski definition) is 0. The predicted octanol–water partition coefficient (Wildman–Crippen LogP) is 4.25. The van der Waals surface area contributed by atoms with E-state index in [1.165, 1.54) is 38.1 Å². The number of rotatable bonds is 7. The van der Waals surface area contributed by atoms with Crippen LogP contribution in [0.25, 0.3) is 0 Å². The normalized spacial score (nSPS) is 14.6. The summed E-state index contributed by atoms with van der Waals surface area (Å²) in [6.45, 7) is 6.53. The first-order valence-electron chi connectivity index (χ1n) is 6.60. The molecule has 96 valence electrons. The first-order chi connectivity index (χ1) is 8.12. The Bertz CT molecular complexity index is 323. The molecule has 1 unspecified atom stereocenters. The molecule has 2 nitrogen and oxygen atoms in total. The fourth-order valence-corrected chi connectivity index (χ4v) is 2.01. The lowest BCUT2D eigenvalue weighted by atomic mass is 9.81. The van der Waals surface area contributed by atoms with Crippen LogP contribution in [0.15, 0.2) is 12.4 Å². The van der Waals surface area contributed by atoms with Crippen LogP contribution >= 0.6 is 0 Å². The molecule has 0 amide bonds. The van der Waals surface area contributed by atoms with Gasteiger partial charge in [-0.15, -0.1) is 0 Å². The molecular weight excluding hydrogens is 215 g/mol. The van der Waals surface area contributed by atoms with E-state index in [9.17, 15) is 4.39 Å². The van der Waals surface area contributed by atoms with Gasteiger partial charge < -0.3 is 0 Å². The Morgan fingerprint density at radius 3 is 2.29 bits per heavy atom. The summed E-state index contributed by atoms with van der Waals surface area (Å²) in [5.41, 5.74) is -0.0125. The van der Waals surface area contributed by atoms with Crippen LogP contribution in [-0.2, 0) is 5.41 Å². The van der Waals surface area contributed by atoms with Crippen molar-refractivity contribution < 1.29 is 4.39 Å². The first-order valence-corrected chi connectivity index (χ1v) is 6.60. The van der Waals surface area contributed by atoms with E-state index >= 15 is 0 Å². The van der Waals surface area contributed by atoms with Crippen molar-refractivity contribution in [2.24, 2.45) is 0 Å². The predicted molar refractivity (Wildman–Crippen MR) is 68.4 cm³/mol. The van der Waals surface area contributed by atoms with E-state index < -0.39 is 0 Å². The monoisotopic (exact) mass is 238 g/mol. The Morgan fingerprint density at radius 1 is 1.12 bits per heavy atom. The van der Waals surface area contributed by atoms with Gasteiger partial charge in [0.05, 0.1) is 12.4 Å². The van der Waals surface area contributed by atoms with Crippen LogP contribution in [0.3, 0.4) is 0 Å². The highest BCUT2D eigenvalue weighted by Gasteiger charge is 2.26. The van der Waals surface area contributed by atoms with Gasteiger partial charge in [0.2, 0.25) is 0 Å². The molecule has 0 fully saturated rings. The molecule has 0 saturated carbocycles. The Labute approximate surface area is 104 Å². The van der Waals surface area contributed by atoms with Gasteiger partial charge in [-0.1, -0.05) is 46.5 Å². The lowest BCUT2D eigenvalue weighted by molar-refractivity contribution is 0.372. The fraction of sp³-hybridized carbons (Fsp3) is 0.714. The zero-order valence-corrected chi connectivity index (χ0v) is 11.2. The molecule has 0 aromatic carbocycles. The number of aromatic nitrogens is 2. The first kappa shape index (κ1) is 14.1. The summed E-state index contributed by atoms with van der Waals surface area (Å²) in [4.78, 5) is 8.27. The van der Waals surface area contributed by atoms with E-state index in [-0.39, 0.29) is 11.2 Å². The smallest absolute Gasteiger partial charge is 0.159 e. The van der Waals surface area contributed by atoms with Crippen molar-refractivity contribution in [1.82, 2.24) is 9.97 Å². The quantitative estimate of drug-likeness (QED) is 0.663. The van der Waals surface area contributed by atoms with Gasteiger partial charge >= 0.3 is 0 Å². The Morgan fingerprint density at radius 2 is 1.76 bits per heavy atom. The highest BCUT2D eigenvalue weighted by atomic mass is 19.1. The minimum Gasteiger partial charge on any atom is -0.238 e. The lowest BCUT2D eigenvalue weighted by Gasteiger charge is -2.26. The third-order valence-electron chi connectivity index (χ3n) is 3.52. The Kier molecular flexibility index (Phi) is 5.52. The van der Waals surface area contributed by atoms with Crippen molar-refractivity contribution in [2.75, 3.05) is 0 Å². The van der Waals surface area contributed by atoms with Gasteiger partial charge in [0.25, 0.3) is 0 Å². The summed E-state index contributed by atoms with van der Waals surface area (Å²) in [5.74, 6) is 0.413. The molecule has 1 heterocycles. The van der Waals surface area contributed by atoms with Gasteiger partial charge in [0, 0.05) is 5.41 Å². The molecule has 0 N–H and O–H groups in total. The molecule has 1 atom stereocenters. The molecule has 17 heavy (non-hydrogen) atoms. The Balaban J connectivity index is 2.63. The van der Waals surface area contributed by atoms with E-state index in [1.54, 1.807) is 0 Å². The fourth-order valence-electron chi connectivity index (χ4n) is 2.01. The third kappa shape index (κ3) is 4.06. The van der Waals surface area contributed by atoms with Gasteiger partial charge in [0.1, 0.15) is 5.82 Å². The van der Waals surface area contributed by atoms with Crippen molar-refractivity contribution in [3.63, 3.8) is 0 Å². The van der Waals surface area contributed by atoms with Crippen molar-refractivity contribution in [2.45, 2.75) is 64.7 Å². The average molecular weight is 238 g/mol. The molecule has 0 bridgehead atoms. The van der Waals surface area contributed by atoms with Crippen LogP contribution in [0.4, 0.5) is 4.39 Å². The van der Waals surface area contributed by atoms with Crippen molar-refractivity contribution in [1.29, 1.82) is 0 Å². The average Bonchev–Trinajstić information content (AvgIpc) is 2.35.